The average molecular weight is 565 g/mol. The first kappa shape index (κ1) is 31.4. The molecule has 0 aliphatic carbocycles. The van der Waals surface area contributed by atoms with Crippen molar-refractivity contribution in [1.29, 1.82) is 0 Å². The number of hydrogen-bond acceptors (Lipinski definition) is 9. The first-order chi connectivity index (χ1) is 18.4. The molecular formula is C26H41N6O4PS. The second-order valence-electron chi connectivity index (χ2n) is 8.40. The molecule has 10 nitrogen and oxygen atoms in total. The number of amides is 1. The van der Waals surface area contributed by atoms with Crippen LogP contribution in [0.1, 0.15) is 39.2 Å². The molecule has 0 radical (unpaired) electrons. The lowest BCUT2D eigenvalue weighted by Crippen LogP contribution is -2.33. The van der Waals surface area contributed by atoms with Crippen molar-refractivity contribution in [3.63, 3.8) is 0 Å². The molecule has 12 heteroatoms. The van der Waals surface area contributed by atoms with E-state index in [0.29, 0.717) is 24.1 Å². The van der Waals surface area contributed by atoms with Crippen molar-refractivity contribution in [1.82, 2.24) is 14.9 Å². The maximum Gasteiger partial charge on any atom is 0.415 e. The third-order valence-electron chi connectivity index (χ3n) is 6.12. The molecule has 1 fully saturated rings. The molecule has 2 N–H and O–H groups in total. The fourth-order valence-corrected chi connectivity index (χ4v) is 4.66. The van der Waals surface area contributed by atoms with Crippen LogP contribution in [-0.2, 0) is 11.2 Å². The Balaban J connectivity index is 0.00000247. The third-order valence-corrected chi connectivity index (χ3v) is 7.02. The number of carboxylic acids is 1. The Morgan fingerprint density at radius 1 is 1.13 bits per heavy atom. The van der Waals surface area contributed by atoms with E-state index in [2.05, 4.69) is 19.5 Å². The summed E-state index contributed by atoms with van der Waals surface area (Å²) in [5, 5.41) is 13.1. The monoisotopic (exact) mass is 564 g/mol. The number of carboxylic acid groups (broad SMARTS) is 1. The van der Waals surface area contributed by atoms with Crippen molar-refractivity contribution in [2.24, 2.45) is 0 Å². The normalized spacial score (nSPS) is 13.3. The lowest BCUT2D eigenvalue weighted by atomic mass is 10.1. The second-order valence-corrected chi connectivity index (χ2v) is 9.20. The van der Waals surface area contributed by atoms with Gasteiger partial charge < -0.3 is 29.3 Å². The van der Waals surface area contributed by atoms with Gasteiger partial charge >= 0.3 is 12.1 Å². The number of hydrogen-bond donors (Lipinski definition) is 2. The molecule has 1 aromatic carbocycles. The van der Waals surface area contributed by atoms with E-state index >= 15 is 0 Å². The molecule has 1 aliphatic heterocycles. The maximum absolute atomic E-state index is 12.2. The van der Waals surface area contributed by atoms with Gasteiger partial charge in [0.1, 0.15) is 17.5 Å². The fourth-order valence-electron chi connectivity index (χ4n) is 4.07. The van der Waals surface area contributed by atoms with Crippen molar-refractivity contribution in [3.05, 3.63) is 36.0 Å². The van der Waals surface area contributed by atoms with Gasteiger partial charge in [-0.1, -0.05) is 30.7 Å². The summed E-state index contributed by atoms with van der Waals surface area (Å²) >= 11 is 1.53. The molecular weight excluding hydrogens is 523 g/mol. The van der Waals surface area contributed by atoms with Crippen LogP contribution in [0.5, 0.6) is 5.75 Å². The molecule has 1 aromatic heterocycles. The quantitative estimate of drug-likeness (QED) is 0.280. The highest BCUT2D eigenvalue weighted by molar-refractivity contribution is 8.00. The first-order valence-corrected chi connectivity index (χ1v) is 15.3. The van der Waals surface area contributed by atoms with E-state index < -0.39 is 12.0 Å². The summed E-state index contributed by atoms with van der Waals surface area (Å²) in [4.78, 5) is 37.4. The summed E-state index contributed by atoms with van der Waals surface area (Å²) in [6.45, 7) is 11.6. The highest BCUT2D eigenvalue weighted by atomic mass is 32.2. The topological polar surface area (TPSA) is 111 Å². The van der Waals surface area contributed by atoms with Crippen LogP contribution in [0.25, 0.3) is 0 Å². The van der Waals surface area contributed by atoms with Crippen molar-refractivity contribution in [2.45, 2.75) is 46.1 Å². The molecule has 2 heterocycles. The molecule has 210 valence electrons. The third kappa shape index (κ3) is 8.63. The Morgan fingerprint density at radius 2 is 1.76 bits per heavy atom. The van der Waals surface area contributed by atoms with E-state index in [0.717, 1.165) is 50.3 Å². The predicted molar refractivity (Wildman–Crippen MR) is 160 cm³/mol. The summed E-state index contributed by atoms with van der Waals surface area (Å²) in [5.74, 6) is 0.486. The molecule has 1 unspecified atom stereocenters. The van der Waals surface area contributed by atoms with Gasteiger partial charge in [0.25, 0.3) is 0 Å². The van der Waals surface area contributed by atoms with E-state index in [1.165, 1.54) is 11.9 Å². The van der Waals surface area contributed by atoms with E-state index in [1.54, 1.807) is 35.4 Å². The number of ether oxygens (including phenoxy) is 1. The first-order valence-electron chi connectivity index (χ1n) is 13.0. The molecule has 2 aromatic rings. The van der Waals surface area contributed by atoms with Crippen molar-refractivity contribution in [3.8, 4) is 5.75 Å². The minimum Gasteiger partial charge on any atom is -0.480 e. The van der Waals surface area contributed by atoms with Gasteiger partial charge in [-0.15, -0.1) is 9.24 Å². The van der Waals surface area contributed by atoms with Gasteiger partial charge in [-0.3, -0.25) is 0 Å². The zero-order valence-electron chi connectivity index (χ0n) is 23.0. The van der Waals surface area contributed by atoms with Gasteiger partial charge in [-0.05, 0) is 51.3 Å². The molecule has 3 rings (SSSR count). The standard InChI is InChI=1S/C25H36N6O4S.CH5P/c1-5-29(6-2)24-26-17-21(31(7-3)36-4)22(28-24)27-20(23(32)33)16-18-10-12-19(13-11-18)35-25(34)30-14-8-9-15-30;1-2/h10-13,17,20H,5-9,14-16H2,1-4H3,(H,32,33)(H,26,27,28);2H2,1H3/t20-;/m0./s1. The summed E-state index contributed by atoms with van der Waals surface area (Å²) in [6.07, 6.45) is 5.57. The molecule has 38 heavy (non-hydrogen) atoms. The minimum absolute atomic E-state index is 0.227. The number of rotatable bonds is 12. The lowest BCUT2D eigenvalue weighted by molar-refractivity contribution is -0.137. The second kappa shape index (κ2) is 16.2. The van der Waals surface area contributed by atoms with Gasteiger partial charge in [0.05, 0.1) is 6.20 Å². The van der Waals surface area contributed by atoms with Crippen LogP contribution in [0.4, 0.5) is 22.2 Å². The lowest BCUT2D eigenvalue weighted by Gasteiger charge is -2.26. The van der Waals surface area contributed by atoms with Crippen molar-refractivity contribution in [2.75, 3.05) is 60.2 Å². The van der Waals surface area contributed by atoms with Crippen LogP contribution >= 0.6 is 21.2 Å². The van der Waals surface area contributed by atoms with Gasteiger partial charge in [0.2, 0.25) is 5.95 Å². The Hall–Kier alpha value is -2.78. The number of carbonyl (C=O) groups is 2. The number of likely N-dealkylation sites (tertiary alicyclic amines) is 1. The van der Waals surface area contributed by atoms with Gasteiger partial charge in [-0.2, -0.15) is 4.98 Å². The molecule has 2 atom stereocenters. The summed E-state index contributed by atoms with van der Waals surface area (Å²) in [6, 6.07) is 6.05. The van der Waals surface area contributed by atoms with Crippen LogP contribution < -0.4 is 19.3 Å². The predicted octanol–water partition coefficient (Wildman–Crippen LogP) is 4.62. The molecule has 1 saturated heterocycles. The van der Waals surface area contributed by atoms with E-state index in [4.69, 9.17) is 9.72 Å². The number of anilines is 3. The average Bonchev–Trinajstić information content (AvgIpc) is 3.48. The number of aromatic nitrogens is 2. The zero-order chi connectivity index (χ0) is 28.1. The van der Waals surface area contributed by atoms with Gasteiger partial charge in [-0.25, -0.2) is 14.6 Å². The minimum atomic E-state index is -0.985. The summed E-state index contributed by atoms with van der Waals surface area (Å²) in [5.41, 5.74) is 1.53. The number of nitrogens with zero attached hydrogens (tertiary/aromatic N) is 5. The van der Waals surface area contributed by atoms with Crippen LogP contribution in [0.3, 0.4) is 0 Å². The van der Waals surface area contributed by atoms with Crippen LogP contribution in [-0.4, -0.2) is 83.7 Å². The van der Waals surface area contributed by atoms with E-state index in [-0.39, 0.29) is 12.5 Å². The zero-order valence-corrected chi connectivity index (χ0v) is 25.0. The number of aliphatic carboxylic acids is 1. The maximum atomic E-state index is 12.2. The molecule has 0 spiro atoms. The smallest absolute Gasteiger partial charge is 0.415 e. The van der Waals surface area contributed by atoms with E-state index in [9.17, 15) is 14.7 Å². The van der Waals surface area contributed by atoms with E-state index in [1.807, 2.05) is 42.9 Å². The largest absolute Gasteiger partial charge is 0.480 e. The van der Waals surface area contributed by atoms with Gasteiger partial charge in [0, 0.05) is 45.4 Å². The summed E-state index contributed by atoms with van der Waals surface area (Å²) in [7, 11) is 2.42. The Bertz CT molecular complexity index is 1020. The molecule has 1 aliphatic rings. The molecule has 1 amide bonds. The number of carbonyl (C=O) groups excluding carboxylic acids is 1. The van der Waals surface area contributed by atoms with Gasteiger partial charge in [0.15, 0.2) is 5.82 Å². The summed E-state index contributed by atoms with van der Waals surface area (Å²) < 4.78 is 7.46. The molecule has 0 saturated carbocycles. The SMILES string of the molecule is CCN(CC)c1ncc(N(CC)SC)c(N[C@@H](Cc2ccc(OC(=O)N3CCCC3)cc2)C(=O)O)n1.CP. The Morgan fingerprint density at radius 3 is 2.29 bits per heavy atom. The van der Waals surface area contributed by atoms with Crippen molar-refractivity contribution < 1.29 is 19.4 Å². The highest BCUT2D eigenvalue weighted by Crippen LogP contribution is 2.30. The van der Waals surface area contributed by atoms with Crippen LogP contribution in [0.15, 0.2) is 30.5 Å². The van der Waals surface area contributed by atoms with Crippen LogP contribution in [0, 0.1) is 0 Å². The highest BCUT2D eigenvalue weighted by Gasteiger charge is 2.24. The molecule has 0 bridgehead atoms. The number of nitrogens with one attached hydrogen (secondary N) is 1. The Kier molecular flexibility index (Phi) is 13.4. The van der Waals surface area contributed by atoms with Crippen LogP contribution in [0.2, 0.25) is 0 Å². The Labute approximate surface area is 232 Å². The number of benzene rings is 1. The fraction of sp³-hybridized carbons (Fsp3) is 0.538. The van der Waals surface area contributed by atoms with Crippen molar-refractivity contribution >= 4 is 50.7 Å².